The average molecular weight is 291 g/mol. The molecule has 1 amide bonds. The molecule has 4 nitrogen and oxygen atoms in total. The predicted molar refractivity (Wildman–Crippen MR) is 83.0 cm³/mol. The van der Waals surface area contributed by atoms with E-state index >= 15 is 0 Å². The lowest BCUT2D eigenvalue weighted by molar-refractivity contribution is -0.124. The molecule has 0 aromatic rings. The molecule has 2 saturated heterocycles. The Labute approximate surface area is 128 Å². The molecule has 4 aliphatic rings. The van der Waals surface area contributed by atoms with Crippen LogP contribution in [0.4, 0.5) is 0 Å². The first kappa shape index (κ1) is 14.0. The summed E-state index contributed by atoms with van der Waals surface area (Å²) in [5, 5.41) is 6.77. The topological polar surface area (TPSA) is 44.4 Å². The summed E-state index contributed by atoms with van der Waals surface area (Å²) in [5.41, 5.74) is 0.377. The SMILES string of the molecule is O=C(NC1CCN(CC2CC2)CC1)C1CC12CCNCC2. The second-order valence-electron chi connectivity index (χ2n) is 7.90. The Kier molecular flexibility index (Phi) is 3.70. The molecular weight excluding hydrogens is 262 g/mol. The van der Waals surface area contributed by atoms with E-state index in [1.807, 2.05) is 0 Å². The summed E-state index contributed by atoms with van der Waals surface area (Å²) in [6.45, 7) is 5.87. The summed E-state index contributed by atoms with van der Waals surface area (Å²) in [5.74, 6) is 1.67. The third-order valence-electron chi connectivity index (χ3n) is 6.25. The number of nitrogens with one attached hydrogen (secondary N) is 2. The molecule has 0 aromatic heterocycles. The summed E-state index contributed by atoms with van der Waals surface area (Å²) in [4.78, 5) is 15.1. The van der Waals surface area contributed by atoms with Crippen molar-refractivity contribution in [1.29, 1.82) is 0 Å². The van der Waals surface area contributed by atoms with E-state index in [0.29, 0.717) is 23.3 Å². The minimum atomic E-state index is 0.323. The molecule has 2 heterocycles. The zero-order chi connectivity index (χ0) is 14.3. The van der Waals surface area contributed by atoms with Crippen LogP contribution in [0.3, 0.4) is 0 Å². The van der Waals surface area contributed by atoms with Gasteiger partial charge in [-0.05, 0) is 69.4 Å². The lowest BCUT2D eigenvalue weighted by Crippen LogP contribution is -2.46. The fourth-order valence-electron chi connectivity index (χ4n) is 4.42. The maximum absolute atomic E-state index is 12.5. The van der Waals surface area contributed by atoms with Crippen molar-refractivity contribution in [3.05, 3.63) is 0 Å². The third-order valence-corrected chi connectivity index (χ3v) is 6.25. The molecule has 0 aromatic carbocycles. The Morgan fingerprint density at radius 3 is 2.52 bits per heavy atom. The van der Waals surface area contributed by atoms with Gasteiger partial charge in [-0.3, -0.25) is 4.79 Å². The van der Waals surface area contributed by atoms with Gasteiger partial charge in [-0.25, -0.2) is 0 Å². The van der Waals surface area contributed by atoms with Crippen molar-refractivity contribution in [1.82, 2.24) is 15.5 Å². The molecule has 118 valence electrons. The molecule has 0 bridgehead atoms. The maximum atomic E-state index is 12.5. The van der Waals surface area contributed by atoms with Gasteiger partial charge in [-0.15, -0.1) is 0 Å². The molecule has 2 N–H and O–H groups in total. The second kappa shape index (κ2) is 5.54. The molecule has 4 heteroatoms. The number of rotatable bonds is 4. The lowest BCUT2D eigenvalue weighted by Gasteiger charge is -2.32. The first-order chi connectivity index (χ1) is 10.3. The van der Waals surface area contributed by atoms with Crippen molar-refractivity contribution in [3.63, 3.8) is 0 Å². The lowest BCUT2D eigenvalue weighted by atomic mass is 9.91. The quantitative estimate of drug-likeness (QED) is 0.822. The van der Waals surface area contributed by atoms with Crippen molar-refractivity contribution in [3.8, 4) is 0 Å². The van der Waals surface area contributed by atoms with Gasteiger partial charge in [0, 0.05) is 31.6 Å². The largest absolute Gasteiger partial charge is 0.353 e. The minimum Gasteiger partial charge on any atom is -0.353 e. The van der Waals surface area contributed by atoms with Gasteiger partial charge in [0.05, 0.1) is 0 Å². The first-order valence-corrected chi connectivity index (χ1v) is 8.99. The third kappa shape index (κ3) is 3.11. The van der Waals surface area contributed by atoms with Gasteiger partial charge < -0.3 is 15.5 Å². The standard InChI is InChI=1S/C17H29N3O/c21-16(15-11-17(15)5-7-18-8-6-17)19-14-3-9-20(10-4-14)12-13-1-2-13/h13-15,18H,1-12H2,(H,19,21). The zero-order valence-electron chi connectivity index (χ0n) is 13.1. The van der Waals surface area contributed by atoms with Crippen LogP contribution in [0.15, 0.2) is 0 Å². The maximum Gasteiger partial charge on any atom is 0.223 e. The van der Waals surface area contributed by atoms with Crippen LogP contribution in [0.5, 0.6) is 0 Å². The van der Waals surface area contributed by atoms with E-state index in [4.69, 9.17) is 0 Å². The van der Waals surface area contributed by atoms with E-state index in [1.54, 1.807) is 0 Å². The minimum absolute atomic E-state index is 0.323. The van der Waals surface area contributed by atoms with Gasteiger partial charge in [0.15, 0.2) is 0 Å². The van der Waals surface area contributed by atoms with Gasteiger partial charge in [-0.2, -0.15) is 0 Å². The molecule has 1 unspecified atom stereocenters. The monoisotopic (exact) mass is 291 g/mol. The van der Waals surface area contributed by atoms with E-state index in [-0.39, 0.29) is 0 Å². The van der Waals surface area contributed by atoms with Crippen LogP contribution in [0.1, 0.15) is 44.9 Å². The van der Waals surface area contributed by atoms with E-state index in [9.17, 15) is 4.79 Å². The number of hydrogen-bond acceptors (Lipinski definition) is 3. The first-order valence-electron chi connectivity index (χ1n) is 8.99. The molecule has 2 saturated carbocycles. The van der Waals surface area contributed by atoms with Crippen LogP contribution >= 0.6 is 0 Å². The van der Waals surface area contributed by atoms with Crippen LogP contribution in [0.25, 0.3) is 0 Å². The van der Waals surface area contributed by atoms with E-state index < -0.39 is 0 Å². The Balaban J connectivity index is 1.21. The van der Waals surface area contributed by atoms with Crippen molar-refractivity contribution >= 4 is 5.91 Å². The summed E-state index contributed by atoms with van der Waals surface area (Å²) < 4.78 is 0. The van der Waals surface area contributed by atoms with Gasteiger partial charge in [-0.1, -0.05) is 0 Å². The highest BCUT2D eigenvalue weighted by Gasteiger charge is 2.57. The highest BCUT2D eigenvalue weighted by molar-refractivity contribution is 5.82. The van der Waals surface area contributed by atoms with E-state index in [2.05, 4.69) is 15.5 Å². The highest BCUT2D eigenvalue weighted by atomic mass is 16.2. The Morgan fingerprint density at radius 1 is 1.14 bits per heavy atom. The second-order valence-corrected chi connectivity index (χ2v) is 7.90. The number of piperidine rings is 2. The van der Waals surface area contributed by atoms with Gasteiger partial charge in [0.1, 0.15) is 0 Å². The van der Waals surface area contributed by atoms with E-state index in [1.165, 1.54) is 45.3 Å². The number of carbonyl (C=O) groups excluding carboxylic acids is 1. The molecular formula is C17H29N3O. The van der Waals surface area contributed by atoms with Crippen molar-refractivity contribution in [2.75, 3.05) is 32.7 Å². The van der Waals surface area contributed by atoms with Gasteiger partial charge in [0.25, 0.3) is 0 Å². The summed E-state index contributed by atoms with van der Waals surface area (Å²) in [7, 11) is 0. The molecule has 4 rings (SSSR count). The number of amides is 1. The number of nitrogens with zero attached hydrogens (tertiary/aromatic N) is 1. The summed E-state index contributed by atoms with van der Waals surface area (Å²) in [6.07, 6.45) is 8.72. The van der Waals surface area contributed by atoms with Crippen molar-refractivity contribution in [2.45, 2.75) is 51.0 Å². The molecule has 0 radical (unpaired) electrons. The van der Waals surface area contributed by atoms with Gasteiger partial charge in [0.2, 0.25) is 5.91 Å². The molecule has 4 fully saturated rings. The highest BCUT2D eigenvalue weighted by Crippen LogP contribution is 2.58. The number of likely N-dealkylation sites (tertiary alicyclic amines) is 1. The van der Waals surface area contributed by atoms with Gasteiger partial charge >= 0.3 is 0 Å². The number of hydrogen-bond donors (Lipinski definition) is 2. The fraction of sp³-hybridized carbons (Fsp3) is 0.941. The van der Waals surface area contributed by atoms with Crippen molar-refractivity contribution < 1.29 is 4.79 Å². The van der Waals surface area contributed by atoms with E-state index in [0.717, 1.165) is 38.3 Å². The Bertz CT molecular complexity index is 393. The van der Waals surface area contributed by atoms with Crippen LogP contribution < -0.4 is 10.6 Å². The molecule has 21 heavy (non-hydrogen) atoms. The van der Waals surface area contributed by atoms with Crippen LogP contribution in [0.2, 0.25) is 0 Å². The molecule has 2 aliphatic heterocycles. The fourth-order valence-corrected chi connectivity index (χ4v) is 4.42. The number of carbonyl (C=O) groups is 1. The zero-order valence-corrected chi connectivity index (χ0v) is 13.1. The predicted octanol–water partition coefficient (Wildman–Crippen LogP) is 1.37. The Morgan fingerprint density at radius 2 is 1.86 bits per heavy atom. The Hall–Kier alpha value is -0.610. The summed E-state index contributed by atoms with van der Waals surface area (Å²) in [6, 6.07) is 0.437. The normalized spacial score (nSPS) is 33.0. The molecule has 1 spiro atoms. The van der Waals surface area contributed by atoms with Crippen LogP contribution in [-0.4, -0.2) is 49.6 Å². The summed E-state index contributed by atoms with van der Waals surface area (Å²) >= 11 is 0. The van der Waals surface area contributed by atoms with Crippen LogP contribution in [-0.2, 0) is 4.79 Å². The molecule has 1 atom stereocenters. The smallest absolute Gasteiger partial charge is 0.223 e. The molecule has 2 aliphatic carbocycles. The van der Waals surface area contributed by atoms with Crippen LogP contribution in [0, 0.1) is 17.3 Å². The van der Waals surface area contributed by atoms with Crippen molar-refractivity contribution in [2.24, 2.45) is 17.3 Å². The average Bonchev–Trinajstić information content (AvgIpc) is 3.41.